The average Bonchev–Trinajstić information content (AvgIpc) is 1.78. The number of nitrogens with two attached hydrogens (primary N) is 3. The van der Waals surface area contributed by atoms with E-state index in [1.54, 1.807) is 74.8 Å². The van der Waals surface area contributed by atoms with Gasteiger partial charge in [-0.3, -0.25) is 86.9 Å². The predicted molar refractivity (Wildman–Crippen MR) is 497 cm³/mol. The number of rotatable bonds is 27. The largest absolute Gasteiger partial charge is 0.478 e. The zero-order valence-electron chi connectivity index (χ0n) is 77.2. The van der Waals surface area contributed by atoms with Crippen molar-refractivity contribution in [3.05, 3.63) is 126 Å². The number of para-hydroxylation sites is 2. The molecule has 45 heteroatoms. The smallest absolute Gasteiger partial charge is 0.335 e. The third-order valence-corrected chi connectivity index (χ3v) is 24.5. The first-order valence-corrected chi connectivity index (χ1v) is 45.9. The van der Waals surface area contributed by atoms with Gasteiger partial charge in [0.2, 0.25) is 100 Å². The van der Waals surface area contributed by atoms with Gasteiger partial charge in [-0.2, -0.15) is 0 Å². The highest BCUT2D eigenvalue weighted by Crippen LogP contribution is 2.26. The normalized spacial score (nSPS) is 23.2. The van der Waals surface area contributed by atoms with Gasteiger partial charge >= 0.3 is 5.97 Å². The first kappa shape index (κ1) is 106. The SMILES string of the molecule is CCCC[C@H]1C(=O)N(C)[C@@H](CCCC)C(=O)N[C@@H](CCCNC(=N)N)C(=O)N[C@H](C(=O)NCC(N)=O)CSCC(=O)N[C@@H](Cc2ccc(C(=O)O)cc2)C(=O)N(C)[C@@H](C)C(=O)N[C@@H](CC(N)=O)C(=O)N2CCC[C@H]2C(=O)N[C@@H](Cc2cnc[nH]2)C(=O)N[C@@H](CC(C)C)C(=O)N(C)CC(=O)N[C@@H](Cc2c[nH]c3ccccc23)C(=O)N[C@@H](CO)C(=O)N[C@@H](Cc2c[nH]c3ccccc23)C(=O)N1C. The maximum Gasteiger partial charge on any atom is 0.335 e. The standard InChI is InChI=1S/C90H126N24O20S/c1-10-12-25-69-82(126)103-60(24-18-32-96-90(93)94)78(122)109-68(77(121)99-43-73(92)117)46-135-47-75(119)102-64(35-51-28-30-52(31-29-51)89(133)134)85(129)111(7)50(5)76(120)105-66(39-72(91)116)87(131)114-33-19-27-70(114)83(127)104-62(38-55-42-95-48-100-55)80(124)106-63(34-49(3)4)84(128)110(6)44-74(118)101-61(36-53-40-97-58-22-16-14-20-56(53)58)79(123)108-67(45-115)81(125)107-65(37-54-41-98-59-23-17-15-21-57(54)59)86(130)113(9)71(26-13-11-2)88(132)112(69)8/h14-17,20-23,28-31,40-42,48-50,60-71,97-98,115H,10-13,18-19,24-27,32-39,43-47H2,1-9H3,(H2,91,116)(H2,92,117)(H,95,100)(H,99,121)(H,101,118)(H,102,119)(H,103,126)(H,104,127)(H,105,120)(H,106,124)(H,107,125)(H,108,123)(H,109,122)(H,133,134)(H4,93,94,96)/t50-,60-,61-,62-,63-,64-,65-,66-,67-,68-,69-,70-,71-/m0/s1. The minimum Gasteiger partial charge on any atom is -0.478 e. The Bertz CT molecular complexity index is 5220. The summed E-state index contributed by atoms with van der Waals surface area (Å²) in [4.78, 5) is 279. The summed E-state index contributed by atoms with van der Waals surface area (Å²) in [5.74, 6) is -19.2. The van der Waals surface area contributed by atoms with Crippen LogP contribution >= 0.6 is 11.8 Å². The van der Waals surface area contributed by atoms with Crippen molar-refractivity contribution >= 4 is 146 Å². The number of H-pyrrole nitrogens is 3. The number of carbonyl (C=O) groups is 18. The van der Waals surface area contributed by atoms with Gasteiger partial charge in [-0.1, -0.05) is 102 Å². The molecule has 17 amide bonds. The number of hydrogen-bond acceptors (Lipinski definition) is 22. The minimum absolute atomic E-state index is 0.0102. The van der Waals surface area contributed by atoms with Crippen molar-refractivity contribution in [2.45, 2.75) is 216 Å². The number of amides is 17. The van der Waals surface area contributed by atoms with Gasteiger partial charge in [0.15, 0.2) is 5.96 Å². The number of hydrogen-bond donors (Lipinski definition) is 20. The van der Waals surface area contributed by atoms with Crippen LogP contribution in [0.5, 0.6) is 0 Å². The molecule has 732 valence electrons. The van der Waals surface area contributed by atoms with E-state index in [4.69, 9.17) is 22.6 Å². The molecule has 8 rings (SSSR count). The lowest BCUT2D eigenvalue weighted by Crippen LogP contribution is -2.61. The van der Waals surface area contributed by atoms with Gasteiger partial charge in [-0.15, -0.1) is 11.8 Å². The number of imidazole rings is 1. The molecule has 44 nitrogen and oxygen atoms in total. The number of carboxylic acids is 1. The first-order chi connectivity index (χ1) is 64.2. The molecule has 0 aliphatic carbocycles. The molecule has 135 heavy (non-hydrogen) atoms. The van der Waals surface area contributed by atoms with Crippen molar-refractivity contribution in [2.24, 2.45) is 23.1 Å². The topological polar surface area (TPSA) is 658 Å². The van der Waals surface area contributed by atoms with E-state index in [9.17, 15) is 72.5 Å². The number of carboxylic acid groups (broad SMARTS) is 1. The molecule has 2 saturated heterocycles. The Morgan fingerprint density at radius 3 is 1.67 bits per heavy atom. The summed E-state index contributed by atoms with van der Waals surface area (Å²) in [7, 11) is 5.14. The number of thioether (sulfide) groups is 1. The van der Waals surface area contributed by atoms with E-state index in [0.29, 0.717) is 69.9 Å². The number of aromatic carboxylic acids is 1. The lowest BCUT2D eigenvalue weighted by molar-refractivity contribution is -0.149. The van der Waals surface area contributed by atoms with E-state index < -0.39 is 229 Å². The van der Waals surface area contributed by atoms with Gasteiger partial charge < -0.3 is 125 Å². The second kappa shape index (κ2) is 51.3. The first-order valence-electron chi connectivity index (χ1n) is 44.8. The number of aliphatic hydroxyl groups excluding tert-OH is 1. The summed E-state index contributed by atoms with van der Waals surface area (Å²) in [5.41, 5.74) is 19.6. The van der Waals surface area contributed by atoms with Crippen LogP contribution in [0.3, 0.4) is 0 Å². The van der Waals surface area contributed by atoms with Crippen molar-refractivity contribution in [3.8, 4) is 0 Å². The van der Waals surface area contributed by atoms with E-state index in [0.717, 1.165) is 36.3 Å². The molecule has 13 atom stereocenters. The number of nitrogens with zero attached hydrogens (tertiary/aromatic N) is 6. The summed E-state index contributed by atoms with van der Waals surface area (Å²) < 4.78 is 0. The van der Waals surface area contributed by atoms with Crippen LogP contribution in [-0.4, -0.2) is 318 Å². The molecule has 3 aromatic carbocycles. The summed E-state index contributed by atoms with van der Waals surface area (Å²) >= 11 is 0.735. The van der Waals surface area contributed by atoms with Crippen LogP contribution < -0.4 is 75.7 Å². The van der Waals surface area contributed by atoms with Crippen LogP contribution in [0, 0.1) is 11.3 Å². The zero-order chi connectivity index (χ0) is 99.0. The van der Waals surface area contributed by atoms with E-state index in [1.807, 2.05) is 13.8 Å². The molecular weight excluding hydrogens is 1770 g/mol. The van der Waals surface area contributed by atoms with E-state index in [1.165, 1.54) is 71.9 Å². The molecule has 0 unspecified atom stereocenters. The average molecular weight is 1900 g/mol. The van der Waals surface area contributed by atoms with Gasteiger partial charge in [0.25, 0.3) is 0 Å². The Balaban J connectivity index is 1.19. The van der Waals surface area contributed by atoms with Crippen LogP contribution in [0.15, 0.2) is 97.7 Å². The zero-order valence-corrected chi connectivity index (χ0v) is 78.0. The second-order valence-corrected chi connectivity index (χ2v) is 35.2. The number of primary amides is 2. The molecule has 2 aliphatic heterocycles. The number of benzene rings is 3. The van der Waals surface area contributed by atoms with Crippen molar-refractivity contribution in [2.75, 3.05) is 72.5 Å². The minimum atomic E-state index is -1.86. The third kappa shape index (κ3) is 30.8. The second-order valence-electron chi connectivity index (χ2n) is 34.2. The van der Waals surface area contributed by atoms with E-state index in [2.05, 4.69) is 78.4 Å². The van der Waals surface area contributed by atoms with Crippen molar-refractivity contribution in [3.63, 3.8) is 0 Å². The van der Waals surface area contributed by atoms with Gasteiger partial charge in [-0.25, -0.2) is 9.78 Å². The van der Waals surface area contributed by atoms with Crippen LogP contribution in [0.4, 0.5) is 0 Å². The highest BCUT2D eigenvalue weighted by molar-refractivity contribution is 8.00. The highest BCUT2D eigenvalue weighted by atomic mass is 32.2. The number of unbranched alkanes of at least 4 members (excludes halogenated alkanes) is 2. The molecule has 2 aliphatic rings. The van der Waals surface area contributed by atoms with Crippen LogP contribution in [0.2, 0.25) is 0 Å². The Hall–Kier alpha value is -14.0. The van der Waals surface area contributed by atoms with E-state index >= 15 is 24.0 Å². The Morgan fingerprint density at radius 1 is 0.548 bits per heavy atom. The molecule has 5 heterocycles. The number of aromatic amines is 3. The molecule has 0 radical (unpaired) electrons. The number of fused-ring (bicyclic) bond motifs is 3. The van der Waals surface area contributed by atoms with Crippen molar-refractivity contribution in [1.29, 1.82) is 5.41 Å². The lowest BCUT2D eigenvalue weighted by atomic mass is 10.00. The van der Waals surface area contributed by atoms with Gasteiger partial charge in [-0.05, 0) is 98.7 Å². The predicted octanol–water partition coefficient (Wildman–Crippen LogP) is -2.44. The quantitative estimate of drug-likeness (QED) is 0.0145. The van der Waals surface area contributed by atoms with Gasteiger partial charge in [0, 0.05) is 119 Å². The van der Waals surface area contributed by atoms with Crippen molar-refractivity contribution < 1.29 is 96.5 Å². The maximum absolute atomic E-state index is 15.7. The van der Waals surface area contributed by atoms with E-state index in [-0.39, 0.29) is 95.2 Å². The molecule has 3 aromatic heterocycles. The number of likely N-dealkylation sites (N-methyl/N-ethyl adjacent to an activating group) is 4. The number of carbonyl (C=O) groups excluding carboxylic acids is 17. The molecule has 6 aromatic rings. The maximum atomic E-state index is 15.7. The summed E-state index contributed by atoms with van der Waals surface area (Å²) in [6.45, 7) is 5.70. The number of guanidine groups is 1. The summed E-state index contributed by atoms with van der Waals surface area (Å²) in [6.07, 6.45) is 5.43. The number of aliphatic hydroxyl groups is 1. The number of aromatic nitrogens is 4. The van der Waals surface area contributed by atoms with Gasteiger partial charge in [0.05, 0.1) is 43.8 Å². The van der Waals surface area contributed by atoms with Crippen LogP contribution in [0.1, 0.15) is 144 Å². The fourth-order valence-electron chi connectivity index (χ4n) is 16.0. The van der Waals surface area contributed by atoms with Gasteiger partial charge in [0.1, 0.15) is 78.5 Å². The summed E-state index contributed by atoms with van der Waals surface area (Å²) in [6, 6.07) is -0.913. The monoisotopic (exact) mass is 1890 g/mol. The summed E-state index contributed by atoms with van der Waals surface area (Å²) in [5, 5.41) is 58.9. The van der Waals surface area contributed by atoms with Crippen molar-refractivity contribution in [1.82, 2.24) is 103 Å². The molecule has 0 saturated carbocycles. The Kier molecular flexibility index (Phi) is 40.4. The van der Waals surface area contributed by atoms with Crippen LogP contribution in [-0.2, 0) is 107 Å². The fraction of sp³-hybridized carbons (Fsp3) is 0.511. The number of nitrogens with one attached hydrogen (secondary N) is 15. The van der Waals surface area contributed by atoms with Crippen LogP contribution in [0.25, 0.3) is 21.8 Å². The Morgan fingerprint density at radius 2 is 1.09 bits per heavy atom. The third-order valence-electron chi connectivity index (χ3n) is 23.5. The molecular formula is C90H126N24O20S. The molecule has 23 N–H and O–H groups in total. The lowest BCUT2D eigenvalue weighted by Gasteiger charge is -2.36. The molecule has 0 bridgehead atoms. The highest BCUT2D eigenvalue weighted by Gasteiger charge is 2.44. The fourth-order valence-corrected chi connectivity index (χ4v) is 16.8. The molecule has 0 spiro atoms. The Labute approximate surface area is 784 Å². The molecule has 2 fully saturated rings.